The SMILES string of the molecule is CCc1ccc(CN(C)C(=O)Cn2cnc3c(oc4ccccc43)c2=O)cc1. The topological polar surface area (TPSA) is 68.3 Å². The summed E-state index contributed by atoms with van der Waals surface area (Å²) < 4.78 is 6.96. The lowest BCUT2D eigenvalue weighted by Crippen LogP contribution is -2.33. The molecule has 28 heavy (non-hydrogen) atoms. The first-order valence-electron chi connectivity index (χ1n) is 9.25. The number of furan rings is 1. The van der Waals surface area contributed by atoms with Gasteiger partial charge in [-0.25, -0.2) is 4.98 Å². The van der Waals surface area contributed by atoms with Gasteiger partial charge >= 0.3 is 0 Å². The van der Waals surface area contributed by atoms with Crippen LogP contribution in [0.2, 0.25) is 0 Å². The highest BCUT2D eigenvalue weighted by Crippen LogP contribution is 2.24. The van der Waals surface area contributed by atoms with Crippen molar-refractivity contribution >= 4 is 28.0 Å². The molecule has 0 N–H and O–H groups in total. The van der Waals surface area contributed by atoms with Gasteiger partial charge in [0.1, 0.15) is 17.6 Å². The summed E-state index contributed by atoms with van der Waals surface area (Å²) in [7, 11) is 1.73. The van der Waals surface area contributed by atoms with E-state index in [-0.39, 0.29) is 23.6 Å². The minimum Gasteiger partial charge on any atom is -0.448 e. The average molecular weight is 375 g/mol. The lowest BCUT2D eigenvalue weighted by atomic mass is 10.1. The molecule has 0 saturated carbocycles. The Morgan fingerprint density at radius 1 is 1.11 bits per heavy atom. The second kappa shape index (κ2) is 7.31. The molecule has 0 fully saturated rings. The van der Waals surface area contributed by atoms with Crippen molar-refractivity contribution in [1.82, 2.24) is 14.5 Å². The Morgan fingerprint density at radius 2 is 1.82 bits per heavy atom. The van der Waals surface area contributed by atoms with Crippen molar-refractivity contribution in [3.05, 3.63) is 76.3 Å². The van der Waals surface area contributed by atoms with Gasteiger partial charge in [0.25, 0.3) is 5.56 Å². The molecule has 1 amide bonds. The zero-order valence-electron chi connectivity index (χ0n) is 15.9. The number of aryl methyl sites for hydroxylation is 1. The molecule has 4 rings (SSSR count). The third-order valence-corrected chi connectivity index (χ3v) is 4.93. The number of amides is 1. The molecular weight excluding hydrogens is 354 g/mol. The van der Waals surface area contributed by atoms with E-state index >= 15 is 0 Å². The van der Waals surface area contributed by atoms with Gasteiger partial charge in [-0.15, -0.1) is 0 Å². The fourth-order valence-electron chi connectivity index (χ4n) is 3.24. The van der Waals surface area contributed by atoms with Crippen molar-refractivity contribution in [2.45, 2.75) is 26.4 Å². The first-order chi connectivity index (χ1) is 13.6. The van der Waals surface area contributed by atoms with Crippen molar-refractivity contribution in [3.63, 3.8) is 0 Å². The number of rotatable bonds is 5. The number of hydrogen-bond donors (Lipinski definition) is 0. The quantitative estimate of drug-likeness (QED) is 0.536. The van der Waals surface area contributed by atoms with Gasteiger partial charge in [0.15, 0.2) is 0 Å². The Bertz CT molecular complexity index is 1210. The summed E-state index contributed by atoms with van der Waals surface area (Å²) in [5.74, 6) is -0.168. The van der Waals surface area contributed by atoms with Crippen LogP contribution in [0.3, 0.4) is 0 Å². The molecule has 0 saturated heterocycles. The van der Waals surface area contributed by atoms with E-state index in [4.69, 9.17) is 4.42 Å². The average Bonchev–Trinajstić information content (AvgIpc) is 3.10. The molecule has 0 unspecified atom stereocenters. The number of nitrogens with zero attached hydrogens (tertiary/aromatic N) is 3. The molecule has 0 aliphatic heterocycles. The number of carbonyl (C=O) groups is 1. The number of carbonyl (C=O) groups excluding carboxylic acids is 1. The van der Waals surface area contributed by atoms with Gasteiger partial charge in [-0.3, -0.25) is 14.2 Å². The fourth-order valence-corrected chi connectivity index (χ4v) is 3.24. The van der Waals surface area contributed by atoms with E-state index in [1.165, 1.54) is 16.5 Å². The Morgan fingerprint density at radius 3 is 2.57 bits per heavy atom. The summed E-state index contributed by atoms with van der Waals surface area (Å²) in [5, 5.41) is 0.792. The predicted octanol–water partition coefficient (Wildman–Crippen LogP) is 3.36. The van der Waals surface area contributed by atoms with Gasteiger partial charge < -0.3 is 9.32 Å². The van der Waals surface area contributed by atoms with Crippen molar-refractivity contribution in [3.8, 4) is 0 Å². The number of likely N-dealkylation sites (N-methyl/N-ethyl adjacent to an activating group) is 1. The van der Waals surface area contributed by atoms with Crippen LogP contribution in [0.25, 0.3) is 22.1 Å². The van der Waals surface area contributed by atoms with Gasteiger partial charge in [-0.05, 0) is 29.7 Å². The van der Waals surface area contributed by atoms with E-state index in [9.17, 15) is 9.59 Å². The molecule has 0 atom stereocenters. The van der Waals surface area contributed by atoms with E-state index in [1.54, 1.807) is 18.0 Å². The van der Waals surface area contributed by atoms with Crippen LogP contribution in [-0.2, 0) is 24.3 Å². The molecule has 6 heteroatoms. The van der Waals surface area contributed by atoms with Crippen molar-refractivity contribution in [1.29, 1.82) is 0 Å². The van der Waals surface area contributed by atoms with Gasteiger partial charge in [-0.2, -0.15) is 0 Å². The minimum absolute atomic E-state index is 0.0810. The number of para-hydroxylation sites is 1. The minimum atomic E-state index is -0.352. The van der Waals surface area contributed by atoms with E-state index in [2.05, 4.69) is 24.0 Å². The van der Waals surface area contributed by atoms with E-state index < -0.39 is 0 Å². The maximum Gasteiger partial charge on any atom is 0.297 e. The first-order valence-corrected chi connectivity index (χ1v) is 9.25. The summed E-state index contributed by atoms with van der Waals surface area (Å²) in [6.45, 7) is 2.51. The normalized spacial score (nSPS) is 11.2. The Balaban J connectivity index is 1.54. The Hall–Kier alpha value is -3.41. The number of fused-ring (bicyclic) bond motifs is 3. The molecule has 0 spiro atoms. The molecule has 0 aliphatic rings. The van der Waals surface area contributed by atoms with Gasteiger partial charge in [-0.1, -0.05) is 43.3 Å². The lowest BCUT2D eigenvalue weighted by Gasteiger charge is -2.18. The summed E-state index contributed by atoms with van der Waals surface area (Å²) >= 11 is 0. The van der Waals surface area contributed by atoms with E-state index in [1.807, 2.05) is 30.3 Å². The third kappa shape index (κ3) is 3.29. The maximum absolute atomic E-state index is 12.7. The second-order valence-electron chi connectivity index (χ2n) is 6.87. The van der Waals surface area contributed by atoms with Gasteiger partial charge in [0, 0.05) is 19.0 Å². The summed E-state index contributed by atoms with van der Waals surface area (Å²) in [5.41, 5.74) is 3.26. The van der Waals surface area contributed by atoms with Crippen LogP contribution in [0, 0.1) is 0 Å². The largest absolute Gasteiger partial charge is 0.448 e. The smallest absolute Gasteiger partial charge is 0.297 e. The van der Waals surface area contributed by atoms with Crippen LogP contribution >= 0.6 is 0 Å². The monoisotopic (exact) mass is 375 g/mol. The van der Waals surface area contributed by atoms with Crippen LogP contribution in [0.4, 0.5) is 0 Å². The predicted molar refractivity (Wildman–Crippen MR) is 108 cm³/mol. The lowest BCUT2D eigenvalue weighted by molar-refractivity contribution is -0.131. The number of aromatic nitrogens is 2. The third-order valence-electron chi connectivity index (χ3n) is 4.93. The highest BCUT2D eigenvalue weighted by Gasteiger charge is 2.16. The second-order valence-corrected chi connectivity index (χ2v) is 6.87. The molecule has 4 aromatic rings. The Kier molecular flexibility index (Phi) is 4.69. The molecule has 0 bridgehead atoms. The molecule has 0 aliphatic carbocycles. The highest BCUT2D eigenvalue weighted by molar-refractivity contribution is 6.01. The zero-order chi connectivity index (χ0) is 19.7. The molecule has 6 nitrogen and oxygen atoms in total. The van der Waals surface area contributed by atoms with Crippen LogP contribution < -0.4 is 5.56 Å². The molecule has 2 heterocycles. The van der Waals surface area contributed by atoms with Crippen LogP contribution in [0.5, 0.6) is 0 Å². The van der Waals surface area contributed by atoms with E-state index in [0.717, 1.165) is 17.4 Å². The van der Waals surface area contributed by atoms with Crippen LogP contribution in [0.15, 0.2) is 64.1 Å². The summed E-state index contributed by atoms with van der Waals surface area (Å²) in [6, 6.07) is 15.6. The summed E-state index contributed by atoms with van der Waals surface area (Å²) in [6.07, 6.45) is 2.39. The standard InChI is InChI=1S/C22H21N3O3/c1-3-15-8-10-16(11-9-15)12-24(2)19(26)13-25-14-23-20-17-6-4-5-7-18(17)28-21(20)22(25)27/h4-11,14H,3,12-13H2,1-2H3. The van der Waals surface area contributed by atoms with Gasteiger partial charge in [0.2, 0.25) is 11.5 Å². The number of benzene rings is 2. The molecule has 2 aromatic heterocycles. The maximum atomic E-state index is 12.7. The molecule has 2 aromatic carbocycles. The Labute approximate surface area is 162 Å². The van der Waals surface area contributed by atoms with Crippen LogP contribution in [-0.4, -0.2) is 27.4 Å². The van der Waals surface area contributed by atoms with Crippen molar-refractivity contribution < 1.29 is 9.21 Å². The zero-order valence-corrected chi connectivity index (χ0v) is 15.9. The molecular formula is C22H21N3O3. The van der Waals surface area contributed by atoms with Gasteiger partial charge in [0.05, 0.1) is 6.33 Å². The van der Waals surface area contributed by atoms with E-state index in [0.29, 0.717) is 17.6 Å². The molecule has 0 radical (unpaired) electrons. The fraction of sp³-hybridized carbons (Fsp3) is 0.227. The van der Waals surface area contributed by atoms with Crippen molar-refractivity contribution in [2.75, 3.05) is 7.05 Å². The van der Waals surface area contributed by atoms with Crippen LogP contribution in [0.1, 0.15) is 18.1 Å². The summed E-state index contributed by atoms with van der Waals surface area (Å²) in [4.78, 5) is 31.3. The highest BCUT2D eigenvalue weighted by atomic mass is 16.3. The molecule has 142 valence electrons. The number of hydrogen-bond acceptors (Lipinski definition) is 4. The first kappa shape index (κ1) is 18.0. The van der Waals surface area contributed by atoms with Crippen molar-refractivity contribution in [2.24, 2.45) is 0 Å².